The summed E-state index contributed by atoms with van der Waals surface area (Å²) in [5.41, 5.74) is 0.188. The highest BCUT2D eigenvalue weighted by Gasteiger charge is 2.25. The number of benzene rings is 1. The third-order valence-corrected chi connectivity index (χ3v) is 4.84. The van der Waals surface area contributed by atoms with Gasteiger partial charge in [0.05, 0.1) is 5.56 Å². The van der Waals surface area contributed by atoms with Gasteiger partial charge in [-0.25, -0.2) is 14.0 Å². The van der Waals surface area contributed by atoms with Crippen molar-refractivity contribution in [2.45, 2.75) is 19.3 Å². The summed E-state index contributed by atoms with van der Waals surface area (Å²) in [6, 6.07) is 6.24. The van der Waals surface area contributed by atoms with Crippen molar-refractivity contribution in [1.82, 2.24) is 9.80 Å². The van der Waals surface area contributed by atoms with E-state index in [0.717, 1.165) is 25.6 Å². The Morgan fingerprint density at radius 1 is 1.00 bits per heavy atom. The van der Waals surface area contributed by atoms with E-state index in [1.807, 2.05) is 0 Å². The standard InChI is InChI=1S/C18H23FN2O.C2H2O4/c19-17-9-5-4-8-16(17)18(22)21-12-10-20(11-13-21)14-15-6-2-1-3-7-15;3-1(4)2(5)6/h1-2,4-5,8-9,15H,3,6-7,10-14H2;(H,3,4)(H,5,6). The molecule has 152 valence electrons. The molecule has 1 saturated heterocycles. The number of halogens is 1. The number of carboxylic acid groups (broad SMARTS) is 2. The Hall–Kier alpha value is -2.74. The molecule has 0 spiro atoms. The summed E-state index contributed by atoms with van der Waals surface area (Å²) in [7, 11) is 0. The van der Waals surface area contributed by atoms with Crippen molar-refractivity contribution in [3.8, 4) is 0 Å². The Bertz CT molecular complexity index is 717. The van der Waals surface area contributed by atoms with E-state index in [1.54, 1.807) is 23.1 Å². The second-order valence-corrected chi connectivity index (χ2v) is 6.83. The second kappa shape index (κ2) is 10.6. The number of aliphatic carboxylic acids is 2. The van der Waals surface area contributed by atoms with Gasteiger partial charge in [-0.3, -0.25) is 9.69 Å². The molecule has 1 fully saturated rings. The van der Waals surface area contributed by atoms with Gasteiger partial charge in [-0.2, -0.15) is 0 Å². The molecule has 1 unspecified atom stereocenters. The topological polar surface area (TPSA) is 98.1 Å². The summed E-state index contributed by atoms with van der Waals surface area (Å²) in [6.45, 7) is 4.28. The minimum atomic E-state index is -1.82. The number of hydrogen-bond acceptors (Lipinski definition) is 4. The van der Waals surface area contributed by atoms with Crippen molar-refractivity contribution in [2.24, 2.45) is 5.92 Å². The van der Waals surface area contributed by atoms with Gasteiger partial charge in [-0.1, -0.05) is 24.3 Å². The van der Waals surface area contributed by atoms with Crippen molar-refractivity contribution in [3.05, 3.63) is 47.8 Å². The van der Waals surface area contributed by atoms with E-state index in [1.165, 1.54) is 25.3 Å². The first kappa shape index (κ1) is 21.6. The van der Waals surface area contributed by atoms with E-state index in [9.17, 15) is 9.18 Å². The van der Waals surface area contributed by atoms with Crippen molar-refractivity contribution >= 4 is 17.8 Å². The Labute approximate surface area is 163 Å². The molecule has 0 radical (unpaired) electrons. The van der Waals surface area contributed by atoms with E-state index in [-0.39, 0.29) is 11.5 Å². The minimum Gasteiger partial charge on any atom is -0.473 e. The molecule has 8 heteroatoms. The smallest absolute Gasteiger partial charge is 0.414 e. The van der Waals surface area contributed by atoms with Crippen LogP contribution in [0, 0.1) is 11.7 Å². The molecule has 1 amide bonds. The number of piperazine rings is 1. The van der Waals surface area contributed by atoms with Crippen molar-refractivity contribution in [3.63, 3.8) is 0 Å². The Morgan fingerprint density at radius 3 is 2.18 bits per heavy atom. The SMILES string of the molecule is O=C(O)C(=O)O.O=C(c1ccccc1F)N1CCN(CC2CC=CCC2)CC1. The van der Waals surface area contributed by atoms with Crippen LogP contribution in [0.3, 0.4) is 0 Å². The van der Waals surface area contributed by atoms with E-state index in [4.69, 9.17) is 19.8 Å². The number of amides is 1. The highest BCUT2D eigenvalue weighted by atomic mass is 19.1. The molecule has 3 rings (SSSR count). The first-order valence-electron chi connectivity index (χ1n) is 9.26. The summed E-state index contributed by atoms with van der Waals surface area (Å²) >= 11 is 0. The van der Waals surface area contributed by atoms with Gasteiger partial charge in [-0.05, 0) is 37.3 Å². The predicted molar refractivity (Wildman–Crippen MR) is 100 cm³/mol. The molecule has 7 nitrogen and oxygen atoms in total. The van der Waals surface area contributed by atoms with Crippen molar-refractivity contribution in [2.75, 3.05) is 32.7 Å². The highest BCUT2D eigenvalue weighted by Crippen LogP contribution is 2.20. The number of carbonyl (C=O) groups is 3. The first-order valence-corrected chi connectivity index (χ1v) is 9.26. The number of carbonyl (C=O) groups excluding carboxylic acids is 1. The largest absolute Gasteiger partial charge is 0.473 e. The van der Waals surface area contributed by atoms with Crippen LogP contribution < -0.4 is 0 Å². The predicted octanol–water partition coefficient (Wildman–Crippen LogP) is 2.10. The van der Waals surface area contributed by atoms with E-state index >= 15 is 0 Å². The molecule has 0 aromatic heterocycles. The monoisotopic (exact) mass is 392 g/mol. The number of allylic oxidation sites excluding steroid dienone is 2. The van der Waals surface area contributed by atoms with Crippen molar-refractivity contribution < 1.29 is 29.0 Å². The van der Waals surface area contributed by atoms with Crippen LogP contribution in [0.1, 0.15) is 29.6 Å². The Kier molecular flexibility index (Phi) is 8.13. The molecule has 2 aliphatic rings. The zero-order chi connectivity index (χ0) is 20.5. The lowest BCUT2D eigenvalue weighted by Gasteiger charge is -2.36. The maximum atomic E-state index is 13.7. The average molecular weight is 392 g/mol. The van der Waals surface area contributed by atoms with Crippen LogP contribution in [0.25, 0.3) is 0 Å². The van der Waals surface area contributed by atoms with Gasteiger partial charge in [-0.15, -0.1) is 0 Å². The lowest BCUT2D eigenvalue weighted by Crippen LogP contribution is -2.50. The molecule has 1 heterocycles. The van der Waals surface area contributed by atoms with Crippen LogP contribution in [-0.4, -0.2) is 70.6 Å². The normalized spacial score (nSPS) is 19.5. The fourth-order valence-corrected chi connectivity index (χ4v) is 3.33. The van der Waals surface area contributed by atoms with Gasteiger partial charge in [0.25, 0.3) is 5.91 Å². The van der Waals surface area contributed by atoms with Gasteiger partial charge in [0.1, 0.15) is 5.82 Å². The van der Waals surface area contributed by atoms with Gasteiger partial charge in [0, 0.05) is 32.7 Å². The van der Waals surface area contributed by atoms with Gasteiger partial charge < -0.3 is 15.1 Å². The molecule has 1 aromatic rings. The lowest BCUT2D eigenvalue weighted by molar-refractivity contribution is -0.159. The second-order valence-electron chi connectivity index (χ2n) is 6.83. The summed E-state index contributed by atoms with van der Waals surface area (Å²) in [6.07, 6.45) is 8.18. The fourth-order valence-electron chi connectivity index (χ4n) is 3.33. The quantitative estimate of drug-likeness (QED) is 0.604. The van der Waals surface area contributed by atoms with Gasteiger partial charge >= 0.3 is 11.9 Å². The lowest BCUT2D eigenvalue weighted by atomic mass is 9.94. The summed E-state index contributed by atoms with van der Waals surface area (Å²) in [5.74, 6) is -3.51. The van der Waals surface area contributed by atoms with Crippen LogP contribution in [-0.2, 0) is 9.59 Å². The van der Waals surface area contributed by atoms with E-state index in [2.05, 4.69) is 17.1 Å². The van der Waals surface area contributed by atoms with Crippen LogP contribution in [0.2, 0.25) is 0 Å². The molecule has 0 bridgehead atoms. The van der Waals surface area contributed by atoms with Crippen LogP contribution in [0.15, 0.2) is 36.4 Å². The molecule has 1 aliphatic heterocycles. The zero-order valence-corrected chi connectivity index (χ0v) is 15.6. The molecule has 2 N–H and O–H groups in total. The number of rotatable bonds is 3. The Balaban J connectivity index is 0.000000409. The number of hydrogen-bond donors (Lipinski definition) is 2. The van der Waals surface area contributed by atoms with Crippen LogP contribution in [0.5, 0.6) is 0 Å². The zero-order valence-electron chi connectivity index (χ0n) is 15.6. The number of nitrogens with zero attached hydrogens (tertiary/aromatic N) is 2. The molecule has 28 heavy (non-hydrogen) atoms. The fraction of sp³-hybridized carbons (Fsp3) is 0.450. The van der Waals surface area contributed by atoms with Crippen molar-refractivity contribution in [1.29, 1.82) is 0 Å². The highest BCUT2D eigenvalue weighted by molar-refractivity contribution is 6.27. The molecular weight excluding hydrogens is 367 g/mol. The molecule has 1 atom stereocenters. The van der Waals surface area contributed by atoms with Gasteiger partial charge in [0.2, 0.25) is 0 Å². The maximum absolute atomic E-state index is 13.7. The molecule has 0 saturated carbocycles. The molecule has 1 aliphatic carbocycles. The maximum Gasteiger partial charge on any atom is 0.414 e. The minimum absolute atomic E-state index is 0.182. The summed E-state index contributed by atoms with van der Waals surface area (Å²) in [5, 5.41) is 14.8. The summed E-state index contributed by atoms with van der Waals surface area (Å²) < 4.78 is 13.7. The van der Waals surface area contributed by atoms with Crippen LogP contribution >= 0.6 is 0 Å². The first-order chi connectivity index (χ1) is 13.4. The third-order valence-electron chi connectivity index (χ3n) is 4.84. The Morgan fingerprint density at radius 2 is 1.64 bits per heavy atom. The third kappa shape index (κ3) is 6.45. The van der Waals surface area contributed by atoms with Gasteiger partial charge in [0.15, 0.2) is 0 Å². The number of carboxylic acids is 2. The van der Waals surface area contributed by atoms with E-state index < -0.39 is 17.8 Å². The average Bonchev–Trinajstić information content (AvgIpc) is 2.70. The summed E-state index contributed by atoms with van der Waals surface area (Å²) in [4.78, 5) is 34.8. The molecular formula is C20H25FN2O5. The van der Waals surface area contributed by atoms with Crippen LogP contribution in [0.4, 0.5) is 4.39 Å². The van der Waals surface area contributed by atoms with E-state index in [0.29, 0.717) is 13.1 Å². The molecule has 1 aromatic carbocycles.